The van der Waals surface area contributed by atoms with E-state index in [1.165, 1.54) is 11.8 Å². The highest BCUT2D eigenvalue weighted by atomic mass is 127. The number of amides is 1. The summed E-state index contributed by atoms with van der Waals surface area (Å²) in [6.45, 7) is 10.2. The molecule has 0 spiro atoms. The summed E-state index contributed by atoms with van der Waals surface area (Å²) in [5.41, 5.74) is 1.07. The van der Waals surface area contributed by atoms with Crippen LogP contribution in [-0.2, 0) is 11.3 Å². The second-order valence-electron chi connectivity index (χ2n) is 4.35. The van der Waals surface area contributed by atoms with Gasteiger partial charge in [-0.3, -0.25) is 4.79 Å². The third-order valence-electron chi connectivity index (χ3n) is 2.58. The van der Waals surface area contributed by atoms with Gasteiger partial charge in [-0.25, -0.2) is 9.98 Å². The van der Waals surface area contributed by atoms with Crippen LogP contribution in [0, 0.1) is 13.8 Å². The highest BCUT2D eigenvalue weighted by Crippen LogP contribution is 2.16. The molecule has 3 N–H and O–H groups in total. The van der Waals surface area contributed by atoms with Crippen LogP contribution < -0.4 is 16.0 Å². The van der Waals surface area contributed by atoms with Crippen molar-refractivity contribution in [2.45, 2.75) is 34.2 Å². The number of carbonyl (C=O) groups is 1. The van der Waals surface area contributed by atoms with Crippen molar-refractivity contribution < 1.29 is 4.79 Å². The summed E-state index contributed by atoms with van der Waals surface area (Å²) < 4.78 is 0. The zero-order valence-corrected chi connectivity index (χ0v) is 16.1. The third-order valence-corrected chi connectivity index (χ3v) is 3.64. The molecule has 0 saturated carbocycles. The molecule has 1 rings (SSSR count). The number of nitrogens with zero attached hydrogens (tertiary/aromatic N) is 2. The molecule has 1 heterocycles. The first-order chi connectivity index (χ1) is 9.52. The van der Waals surface area contributed by atoms with Gasteiger partial charge in [0.15, 0.2) is 5.96 Å². The smallest absolute Gasteiger partial charge is 0.216 e. The summed E-state index contributed by atoms with van der Waals surface area (Å²) in [6.07, 6.45) is 0. The van der Waals surface area contributed by atoms with Crippen LogP contribution in [-0.4, -0.2) is 36.5 Å². The topological polar surface area (TPSA) is 78.4 Å². The Hall–Kier alpha value is -0.900. The standard InChI is InChI=1S/C13H23N5OS.HI/c1-5-14-13(16-7-6-15-11(4)19)17-8-12-18-9(2)10(3)20-12;/h5-8H2,1-4H3,(H,15,19)(H2,14,16,17);1H. The maximum absolute atomic E-state index is 10.8. The largest absolute Gasteiger partial charge is 0.357 e. The molecule has 0 bridgehead atoms. The molecular weight excluding hydrogens is 401 g/mol. The number of thiazole rings is 1. The van der Waals surface area contributed by atoms with Crippen LogP contribution in [0.4, 0.5) is 0 Å². The fraction of sp³-hybridized carbons (Fsp3) is 0.615. The minimum atomic E-state index is -0.0255. The molecule has 0 saturated heterocycles. The van der Waals surface area contributed by atoms with Gasteiger partial charge < -0.3 is 16.0 Å². The third kappa shape index (κ3) is 8.20. The normalized spacial score (nSPS) is 10.8. The molecule has 0 aliphatic rings. The summed E-state index contributed by atoms with van der Waals surface area (Å²) in [6, 6.07) is 0. The highest BCUT2D eigenvalue weighted by Gasteiger charge is 2.03. The lowest BCUT2D eigenvalue weighted by Crippen LogP contribution is -2.41. The molecule has 1 aromatic heterocycles. The summed E-state index contributed by atoms with van der Waals surface area (Å²) in [4.78, 5) is 20.9. The molecule has 6 nitrogen and oxygen atoms in total. The number of hydrogen-bond acceptors (Lipinski definition) is 4. The van der Waals surface area contributed by atoms with Gasteiger partial charge in [-0.15, -0.1) is 35.3 Å². The van der Waals surface area contributed by atoms with Crippen molar-refractivity contribution in [3.8, 4) is 0 Å². The Bertz CT molecular complexity index is 456. The Morgan fingerprint density at radius 2 is 1.90 bits per heavy atom. The Labute approximate surface area is 147 Å². The van der Waals surface area contributed by atoms with Crippen LogP contribution in [0.5, 0.6) is 0 Å². The number of halogens is 1. The van der Waals surface area contributed by atoms with Crippen molar-refractivity contribution in [2.75, 3.05) is 19.6 Å². The molecule has 0 unspecified atom stereocenters. The lowest BCUT2D eigenvalue weighted by atomic mass is 10.4. The van der Waals surface area contributed by atoms with Crippen molar-refractivity contribution in [1.82, 2.24) is 20.9 Å². The quantitative estimate of drug-likeness (QED) is 0.280. The predicted molar refractivity (Wildman–Crippen MR) is 98.5 cm³/mol. The number of rotatable bonds is 6. The highest BCUT2D eigenvalue weighted by molar-refractivity contribution is 14.0. The second-order valence-corrected chi connectivity index (χ2v) is 5.64. The Balaban J connectivity index is 0.00000400. The number of nitrogens with one attached hydrogen (secondary N) is 3. The van der Waals surface area contributed by atoms with E-state index >= 15 is 0 Å². The van der Waals surface area contributed by atoms with Crippen LogP contribution in [0.3, 0.4) is 0 Å². The van der Waals surface area contributed by atoms with E-state index in [1.54, 1.807) is 11.3 Å². The molecule has 1 aromatic rings. The lowest BCUT2D eigenvalue weighted by Gasteiger charge is -2.10. The predicted octanol–water partition coefficient (Wildman–Crippen LogP) is 1.57. The van der Waals surface area contributed by atoms with Crippen LogP contribution in [0.15, 0.2) is 4.99 Å². The lowest BCUT2D eigenvalue weighted by molar-refractivity contribution is -0.118. The van der Waals surface area contributed by atoms with Gasteiger partial charge in [-0.1, -0.05) is 0 Å². The van der Waals surface area contributed by atoms with Gasteiger partial charge in [0.2, 0.25) is 5.91 Å². The fourth-order valence-electron chi connectivity index (χ4n) is 1.51. The van der Waals surface area contributed by atoms with Gasteiger partial charge in [0, 0.05) is 31.4 Å². The summed E-state index contributed by atoms with van der Waals surface area (Å²) in [5, 5.41) is 10.1. The van der Waals surface area contributed by atoms with E-state index in [1.807, 2.05) is 13.8 Å². The van der Waals surface area contributed by atoms with Gasteiger partial charge in [-0.05, 0) is 20.8 Å². The van der Waals surface area contributed by atoms with Crippen LogP contribution >= 0.6 is 35.3 Å². The number of aromatic nitrogens is 1. The first-order valence-electron chi connectivity index (χ1n) is 6.72. The van der Waals surface area contributed by atoms with Crippen LogP contribution in [0.1, 0.15) is 29.4 Å². The average molecular weight is 425 g/mol. The van der Waals surface area contributed by atoms with Crippen molar-refractivity contribution in [1.29, 1.82) is 0 Å². The minimum Gasteiger partial charge on any atom is -0.357 e. The number of aliphatic imine (C=N–C) groups is 1. The second kappa shape index (κ2) is 10.8. The maximum Gasteiger partial charge on any atom is 0.216 e. The van der Waals surface area contributed by atoms with E-state index in [4.69, 9.17) is 0 Å². The Morgan fingerprint density at radius 3 is 2.43 bits per heavy atom. The molecular formula is C13H24IN5OS. The molecule has 0 aliphatic carbocycles. The van der Waals surface area contributed by atoms with E-state index in [9.17, 15) is 4.79 Å². The van der Waals surface area contributed by atoms with E-state index in [0.717, 1.165) is 23.2 Å². The van der Waals surface area contributed by atoms with Gasteiger partial charge >= 0.3 is 0 Å². The van der Waals surface area contributed by atoms with E-state index < -0.39 is 0 Å². The van der Waals surface area contributed by atoms with Gasteiger partial charge in [0.25, 0.3) is 0 Å². The van der Waals surface area contributed by atoms with Crippen molar-refractivity contribution >= 4 is 47.2 Å². The van der Waals surface area contributed by atoms with Crippen molar-refractivity contribution in [2.24, 2.45) is 4.99 Å². The maximum atomic E-state index is 10.8. The Kier molecular flexibility index (Phi) is 10.3. The van der Waals surface area contributed by atoms with Crippen molar-refractivity contribution in [3.63, 3.8) is 0 Å². The fourth-order valence-corrected chi connectivity index (χ4v) is 2.37. The minimum absolute atomic E-state index is 0. The number of carbonyl (C=O) groups excluding carboxylic acids is 1. The molecule has 0 radical (unpaired) electrons. The molecule has 8 heteroatoms. The molecule has 120 valence electrons. The number of guanidine groups is 1. The van der Waals surface area contributed by atoms with Gasteiger partial charge in [0.05, 0.1) is 12.2 Å². The summed E-state index contributed by atoms with van der Waals surface area (Å²) >= 11 is 1.68. The van der Waals surface area contributed by atoms with E-state index in [-0.39, 0.29) is 29.9 Å². The molecule has 0 atom stereocenters. The van der Waals surface area contributed by atoms with Gasteiger partial charge in [-0.2, -0.15) is 0 Å². The molecule has 21 heavy (non-hydrogen) atoms. The first-order valence-corrected chi connectivity index (χ1v) is 7.54. The molecule has 1 amide bonds. The SMILES string of the molecule is CCNC(=NCc1nc(C)c(C)s1)NCCNC(C)=O.I. The Morgan fingerprint density at radius 1 is 1.24 bits per heavy atom. The van der Waals surface area contributed by atoms with E-state index in [2.05, 4.69) is 32.9 Å². The summed E-state index contributed by atoms with van der Waals surface area (Å²) in [7, 11) is 0. The molecule has 0 aromatic carbocycles. The van der Waals surface area contributed by atoms with Crippen molar-refractivity contribution in [3.05, 3.63) is 15.6 Å². The molecule has 0 fully saturated rings. The van der Waals surface area contributed by atoms with E-state index in [0.29, 0.717) is 19.6 Å². The zero-order valence-electron chi connectivity index (χ0n) is 12.9. The monoisotopic (exact) mass is 425 g/mol. The first kappa shape index (κ1) is 20.1. The average Bonchev–Trinajstić information content (AvgIpc) is 2.70. The van der Waals surface area contributed by atoms with Crippen LogP contribution in [0.25, 0.3) is 0 Å². The number of aryl methyl sites for hydroxylation is 2. The molecule has 0 aliphatic heterocycles. The summed E-state index contributed by atoms with van der Waals surface area (Å²) in [5.74, 6) is 0.714. The van der Waals surface area contributed by atoms with Crippen LogP contribution in [0.2, 0.25) is 0 Å². The van der Waals surface area contributed by atoms with Gasteiger partial charge in [0.1, 0.15) is 5.01 Å². The number of hydrogen-bond donors (Lipinski definition) is 3. The zero-order chi connectivity index (χ0) is 15.0.